The number of nitrogens with zero attached hydrogens (tertiary/aromatic N) is 2. The summed E-state index contributed by atoms with van der Waals surface area (Å²) in [5, 5.41) is 0. The molecule has 0 bridgehead atoms. The van der Waals surface area contributed by atoms with Crippen molar-refractivity contribution in [3.63, 3.8) is 0 Å². The van der Waals surface area contributed by atoms with Gasteiger partial charge >= 0.3 is 0 Å². The smallest absolute Gasteiger partial charge is 0.0949 e. The minimum absolute atomic E-state index is 0.104. The van der Waals surface area contributed by atoms with Gasteiger partial charge < -0.3 is 10.3 Å². The Morgan fingerprint density at radius 2 is 2.07 bits per heavy atom. The summed E-state index contributed by atoms with van der Waals surface area (Å²) in [5.41, 5.74) is 8.22. The lowest BCUT2D eigenvalue weighted by atomic mass is 10.1. The second-order valence-corrected chi connectivity index (χ2v) is 3.77. The Hall–Kier alpha value is -1.61. The van der Waals surface area contributed by atoms with E-state index < -0.39 is 0 Å². The third-order valence-electron chi connectivity index (χ3n) is 2.43. The van der Waals surface area contributed by atoms with Crippen LogP contribution in [0.4, 0.5) is 0 Å². The molecule has 15 heavy (non-hydrogen) atoms. The van der Waals surface area contributed by atoms with Gasteiger partial charge in [-0.1, -0.05) is 24.3 Å². The zero-order valence-corrected chi connectivity index (χ0v) is 8.80. The van der Waals surface area contributed by atoms with Crippen molar-refractivity contribution in [3.8, 4) is 0 Å². The number of nitrogens with two attached hydrogens (primary N) is 1. The Labute approximate surface area is 89.6 Å². The molecule has 3 heteroatoms. The first kappa shape index (κ1) is 9.93. The zero-order valence-electron chi connectivity index (χ0n) is 8.80. The molecule has 0 amide bonds. The number of hydrogen-bond donors (Lipinski definition) is 1. The molecule has 1 aromatic carbocycles. The molecule has 1 atom stereocenters. The zero-order chi connectivity index (χ0) is 10.7. The van der Waals surface area contributed by atoms with Crippen LogP contribution in [0.5, 0.6) is 0 Å². The largest absolute Gasteiger partial charge is 0.333 e. The average molecular weight is 201 g/mol. The first-order chi connectivity index (χ1) is 7.25. The summed E-state index contributed by atoms with van der Waals surface area (Å²) in [5.74, 6) is 0. The van der Waals surface area contributed by atoms with Crippen LogP contribution >= 0.6 is 0 Å². The fourth-order valence-electron chi connectivity index (χ4n) is 1.52. The Kier molecular flexibility index (Phi) is 2.83. The Bertz CT molecular complexity index is 401. The molecule has 0 aliphatic rings. The highest BCUT2D eigenvalue weighted by molar-refractivity contribution is 5.24. The van der Waals surface area contributed by atoms with Gasteiger partial charge in [0.05, 0.1) is 6.33 Å². The number of hydrogen-bond acceptors (Lipinski definition) is 2. The standard InChI is InChI=1S/C12H15N3/c1-10(13)12-4-2-11(3-5-12)8-15-7-6-14-9-15/h2-7,9-10H,8,13H2,1H3/t10-/m1/s1. The van der Waals surface area contributed by atoms with E-state index in [0.29, 0.717) is 0 Å². The predicted molar refractivity (Wildman–Crippen MR) is 60.4 cm³/mol. The van der Waals surface area contributed by atoms with E-state index in [2.05, 4.69) is 29.2 Å². The minimum atomic E-state index is 0.104. The van der Waals surface area contributed by atoms with E-state index in [0.717, 1.165) is 6.54 Å². The first-order valence-corrected chi connectivity index (χ1v) is 5.06. The molecular weight excluding hydrogens is 186 g/mol. The highest BCUT2D eigenvalue weighted by Crippen LogP contribution is 2.11. The molecule has 3 nitrogen and oxygen atoms in total. The molecule has 0 saturated carbocycles. The summed E-state index contributed by atoms with van der Waals surface area (Å²) in [4.78, 5) is 4.01. The van der Waals surface area contributed by atoms with Crippen molar-refractivity contribution < 1.29 is 0 Å². The van der Waals surface area contributed by atoms with E-state index >= 15 is 0 Å². The monoisotopic (exact) mass is 201 g/mol. The van der Waals surface area contributed by atoms with E-state index in [4.69, 9.17) is 5.73 Å². The summed E-state index contributed by atoms with van der Waals surface area (Å²) in [6, 6.07) is 8.48. The second-order valence-electron chi connectivity index (χ2n) is 3.77. The van der Waals surface area contributed by atoms with Crippen LogP contribution in [0.1, 0.15) is 24.1 Å². The maximum atomic E-state index is 5.78. The molecule has 1 aromatic heterocycles. The first-order valence-electron chi connectivity index (χ1n) is 5.06. The lowest BCUT2D eigenvalue weighted by Gasteiger charge is -2.07. The van der Waals surface area contributed by atoms with Crippen LogP contribution in [0.15, 0.2) is 43.0 Å². The van der Waals surface area contributed by atoms with Gasteiger partial charge in [-0.15, -0.1) is 0 Å². The summed E-state index contributed by atoms with van der Waals surface area (Å²) in [6.45, 7) is 2.85. The number of rotatable bonds is 3. The van der Waals surface area contributed by atoms with Gasteiger partial charge in [0, 0.05) is 25.0 Å². The van der Waals surface area contributed by atoms with Gasteiger partial charge in [-0.3, -0.25) is 0 Å². The normalized spacial score (nSPS) is 12.7. The van der Waals surface area contributed by atoms with E-state index in [9.17, 15) is 0 Å². The molecular formula is C12H15N3. The lowest BCUT2D eigenvalue weighted by molar-refractivity contribution is 0.789. The van der Waals surface area contributed by atoms with Crippen LogP contribution in [-0.4, -0.2) is 9.55 Å². The molecule has 0 aliphatic heterocycles. The van der Waals surface area contributed by atoms with Gasteiger partial charge in [-0.05, 0) is 18.1 Å². The third kappa shape index (κ3) is 2.44. The van der Waals surface area contributed by atoms with E-state index in [1.54, 1.807) is 6.20 Å². The number of benzene rings is 1. The van der Waals surface area contributed by atoms with Gasteiger partial charge in [-0.25, -0.2) is 4.98 Å². The van der Waals surface area contributed by atoms with Gasteiger partial charge in [0.1, 0.15) is 0 Å². The van der Waals surface area contributed by atoms with Crippen LogP contribution in [0, 0.1) is 0 Å². The summed E-state index contributed by atoms with van der Waals surface area (Å²) in [6.07, 6.45) is 5.56. The van der Waals surface area contributed by atoms with Crippen molar-refractivity contribution in [2.24, 2.45) is 5.73 Å². The van der Waals surface area contributed by atoms with Crippen molar-refractivity contribution in [2.75, 3.05) is 0 Å². The minimum Gasteiger partial charge on any atom is -0.333 e. The van der Waals surface area contributed by atoms with Gasteiger partial charge in [0.2, 0.25) is 0 Å². The predicted octanol–water partition coefficient (Wildman–Crippen LogP) is 1.95. The van der Waals surface area contributed by atoms with E-state index in [1.165, 1.54) is 11.1 Å². The molecule has 2 N–H and O–H groups in total. The van der Waals surface area contributed by atoms with Gasteiger partial charge in [0.15, 0.2) is 0 Å². The molecule has 2 aromatic rings. The van der Waals surface area contributed by atoms with Crippen molar-refractivity contribution >= 4 is 0 Å². The molecule has 2 rings (SSSR count). The van der Waals surface area contributed by atoms with E-state index in [1.807, 2.05) is 24.0 Å². The quantitative estimate of drug-likeness (QED) is 0.824. The number of imidazole rings is 1. The van der Waals surface area contributed by atoms with Crippen LogP contribution in [0.2, 0.25) is 0 Å². The van der Waals surface area contributed by atoms with Crippen LogP contribution in [-0.2, 0) is 6.54 Å². The van der Waals surface area contributed by atoms with Crippen molar-refractivity contribution in [2.45, 2.75) is 19.5 Å². The molecule has 0 unspecified atom stereocenters. The Balaban J connectivity index is 2.11. The second kappa shape index (κ2) is 4.28. The third-order valence-corrected chi connectivity index (χ3v) is 2.43. The summed E-state index contributed by atoms with van der Waals surface area (Å²) in [7, 11) is 0. The number of aromatic nitrogens is 2. The SMILES string of the molecule is C[C@@H](N)c1ccc(Cn2ccnc2)cc1. The van der Waals surface area contributed by atoms with Gasteiger partial charge in [0.25, 0.3) is 0 Å². The van der Waals surface area contributed by atoms with Crippen LogP contribution in [0.25, 0.3) is 0 Å². The Morgan fingerprint density at radius 1 is 1.33 bits per heavy atom. The molecule has 0 spiro atoms. The maximum Gasteiger partial charge on any atom is 0.0949 e. The molecule has 0 radical (unpaired) electrons. The molecule has 0 fully saturated rings. The average Bonchev–Trinajstić information content (AvgIpc) is 2.71. The molecule has 0 saturated heterocycles. The molecule has 0 aliphatic carbocycles. The topological polar surface area (TPSA) is 43.8 Å². The highest BCUT2D eigenvalue weighted by atomic mass is 15.0. The fraction of sp³-hybridized carbons (Fsp3) is 0.250. The molecule has 1 heterocycles. The lowest BCUT2D eigenvalue weighted by Crippen LogP contribution is -2.05. The summed E-state index contributed by atoms with van der Waals surface area (Å²) >= 11 is 0. The van der Waals surface area contributed by atoms with Crippen LogP contribution < -0.4 is 5.73 Å². The van der Waals surface area contributed by atoms with Crippen molar-refractivity contribution in [1.82, 2.24) is 9.55 Å². The fourth-order valence-corrected chi connectivity index (χ4v) is 1.52. The van der Waals surface area contributed by atoms with Crippen molar-refractivity contribution in [3.05, 3.63) is 54.1 Å². The molecule has 78 valence electrons. The summed E-state index contributed by atoms with van der Waals surface area (Å²) < 4.78 is 2.04. The van der Waals surface area contributed by atoms with Gasteiger partial charge in [-0.2, -0.15) is 0 Å². The highest BCUT2D eigenvalue weighted by Gasteiger charge is 1.99. The van der Waals surface area contributed by atoms with Crippen molar-refractivity contribution in [1.29, 1.82) is 0 Å². The van der Waals surface area contributed by atoms with E-state index in [-0.39, 0.29) is 6.04 Å². The van der Waals surface area contributed by atoms with Crippen LogP contribution in [0.3, 0.4) is 0 Å². The Morgan fingerprint density at radius 3 is 2.60 bits per heavy atom. The maximum absolute atomic E-state index is 5.78.